The number of carbonyl (C=O) groups is 1. The maximum absolute atomic E-state index is 11.7. The second-order valence-electron chi connectivity index (χ2n) is 5.65. The summed E-state index contributed by atoms with van der Waals surface area (Å²) < 4.78 is 0. The normalized spacial score (nSPS) is 16.3. The SMILES string of the molecule is N#Cc1c(-c2ccnc(N)c2)sc(C(=O)O)c1CC1C=CC(Cl)=CC1. The zero-order valence-corrected chi connectivity index (χ0v) is 14.6. The third-order valence-corrected chi connectivity index (χ3v) is 5.52. The molecule has 0 amide bonds. The third kappa shape index (κ3) is 3.58. The highest BCUT2D eigenvalue weighted by Crippen LogP contribution is 2.39. The summed E-state index contributed by atoms with van der Waals surface area (Å²) in [6, 6.07) is 5.54. The van der Waals surface area contributed by atoms with Crippen molar-refractivity contribution >= 4 is 34.7 Å². The van der Waals surface area contributed by atoms with Crippen molar-refractivity contribution in [3.63, 3.8) is 0 Å². The van der Waals surface area contributed by atoms with Gasteiger partial charge in [0.05, 0.1) is 10.4 Å². The Morgan fingerprint density at radius 1 is 1.56 bits per heavy atom. The Morgan fingerprint density at radius 3 is 2.96 bits per heavy atom. The van der Waals surface area contributed by atoms with Crippen LogP contribution in [0.1, 0.15) is 27.2 Å². The Hall–Kier alpha value is -2.62. The van der Waals surface area contributed by atoms with Gasteiger partial charge in [-0.15, -0.1) is 11.3 Å². The molecule has 0 spiro atoms. The van der Waals surface area contributed by atoms with E-state index >= 15 is 0 Å². The van der Waals surface area contributed by atoms with Gasteiger partial charge in [-0.2, -0.15) is 5.26 Å². The monoisotopic (exact) mass is 371 g/mol. The molecule has 5 nitrogen and oxygen atoms in total. The van der Waals surface area contributed by atoms with Crippen molar-refractivity contribution in [1.29, 1.82) is 5.26 Å². The highest BCUT2D eigenvalue weighted by Gasteiger charge is 2.25. The molecule has 126 valence electrons. The van der Waals surface area contributed by atoms with Gasteiger partial charge in [-0.25, -0.2) is 9.78 Å². The van der Waals surface area contributed by atoms with E-state index in [9.17, 15) is 15.2 Å². The number of hydrogen-bond acceptors (Lipinski definition) is 5. The fraction of sp³-hybridized carbons (Fsp3) is 0.167. The third-order valence-electron chi connectivity index (χ3n) is 3.97. The number of nitrogen functional groups attached to an aromatic ring is 1. The lowest BCUT2D eigenvalue weighted by molar-refractivity contribution is 0.0701. The van der Waals surface area contributed by atoms with Gasteiger partial charge in [-0.1, -0.05) is 23.8 Å². The van der Waals surface area contributed by atoms with E-state index in [2.05, 4.69) is 11.1 Å². The summed E-state index contributed by atoms with van der Waals surface area (Å²) in [4.78, 5) is 16.4. The van der Waals surface area contributed by atoms with Crippen LogP contribution in [0.5, 0.6) is 0 Å². The molecule has 0 bridgehead atoms. The number of halogens is 1. The van der Waals surface area contributed by atoms with Gasteiger partial charge in [-0.3, -0.25) is 0 Å². The molecular formula is C18H14ClN3O2S. The number of allylic oxidation sites excluding steroid dienone is 4. The summed E-state index contributed by atoms with van der Waals surface area (Å²) in [7, 11) is 0. The Balaban J connectivity index is 2.06. The van der Waals surface area contributed by atoms with E-state index in [1.165, 1.54) is 0 Å². The van der Waals surface area contributed by atoms with E-state index in [4.69, 9.17) is 17.3 Å². The molecule has 0 radical (unpaired) electrons. The van der Waals surface area contributed by atoms with Gasteiger partial charge in [-0.05, 0) is 48.1 Å². The van der Waals surface area contributed by atoms with Crippen LogP contribution in [0.25, 0.3) is 10.4 Å². The topological polar surface area (TPSA) is 100 Å². The average molecular weight is 372 g/mol. The summed E-state index contributed by atoms with van der Waals surface area (Å²) in [5, 5.41) is 19.9. The summed E-state index contributed by atoms with van der Waals surface area (Å²) >= 11 is 7.04. The van der Waals surface area contributed by atoms with Crippen LogP contribution < -0.4 is 5.73 Å². The number of anilines is 1. The summed E-state index contributed by atoms with van der Waals surface area (Å²) in [5.74, 6) is -0.598. The minimum atomic E-state index is -1.03. The first-order chi connectivity index (χ1) is 12.0. The van der Waals surface area contributed by atoms with Crippen molar-refractivity contribution in [2.75, 3.05) is 5.73 Å². The van der Waals surface area contributed by atoms with Gasteiger partial charge >= 0.3 is 5.97 Å². The minimum absolute atomic E-state index is 0.109. The Kier molecular flexibility index (Phi) is 4.88. The number of thiophene rings is 1. The van der Waals surface area contributed by atoms with Crippen LogP contribution in [-0.4, -0.2) is 16.1 Å². The van der Waals surface area contributed by atoms with Crippen molar-refractivity contribution in [3.05, 3.63) is 57.6 Å². The predicted octanol–water partition coefficient (Wildman–Crippen LogP) is 4.20. The molecule has 0 saturated carbocycles. The van der Waals surface area contributed by atoms with Gasteiger partial charge in [0, 0.05) is 11.2 Å². The van der Waals surface area contributed by atoms with Crippen molar-refractivity contribution in [2.24, 2.45) is 5.92 Å². The zero-order valence-electron chi connectivity index (χ0n) is 13.1. The molecule has 1 aliphatic rings. The van der Waals surface area contributed by atoms with E-state index in [1.807, 2.05) is 12.2 Å². The van der Waals surface area contributed by atoms with Crippen molar-refractivity contribution in [1.82, 2.24) is 4.98 Å². The Labute approximate surface area is 153 Å². The van der Waals surface area contributed by atoms with Crippen LogP contribution in [0.15, 0.2) is 41.6 Å². The molecule has 7 heteroatoms. The van der Waals surface area contributed by atoms with Gasteiger partial charge in [0.2, 0.25) is 0 Å². The van der Waals surface area contributed by atoms with Crippen molar-refractivity contribution in [2.45, 2.75) is 12.8 Å². The summed E-state index contributed by atoms with van der Waals surface area (Å²) in [5.41, 5.74) is 7.37. The number of nitrogens with two attached hydrogens (primary N) is 1. The number of carboxylic acid groups (broad SMARTS) is 1. The number of carboxylic acids is 1. The first-order valence-corrected chi connectivity index (χ1v) is 8.74. The molecule has 1 atom stereocenters. The van der Waals surface area contributed by atoms with Crippen LogP contribution >= 0.6 is 22.9 Å². The average Bonchev–Trinajstić information content (AvgIpc) is 2.95. The molecule has 0 aliphatic heterocycles. The molecule has 2 heterocycles. The molecule has 2 aromatic heterocycles. The Bertz CT molecular complexity index is 940. The summed E-state index contributed by atoms with van der Waals surface area (Å²) in [6.45, 7) is 0. The molecule has 0 fully saturated rings. The van der Waals surface area contributed by atoms with Crippen LogP contribution in [-0.2, 0) is 6.42 Å². The van der Waals surface area contributed by atoms with Crippen LogP contribution in [0.3, 0.4) is 0 Å². The van der Waals surface area contributed by atoms with E-state index in [1.54, 1.807) is 24.4 Å². The molecular weight excluding hydrogens is 358 g/mol. The van der Waals surface area contributed by atoms with Gasteiger partial charge < -0.3 is 10.8 Å². The van der Waals surface area contributed by atoms with Crippen LogP contribution in [0.2, 0.25) is 0 Å². The number of pyridine rings is 1. The van der Waals surface area contributed by atoms with Gasteiger partial charge in [0.1, 0.15) is 16.8 Å². The summed E-state index contributed by atoms with van der Waals surface area (Å²) in [6.07, 6.45) is 8.39. The molecule has 1 unspecified atom stereocenters. The maximum Gasteiger partial charge on any atom is 0.346 e. The second-order valence-corrected chi connectivity index (χ2v) is 7.11. The number of aromatic carboxylic acids is 1. The first-order valence-electron chi connectivity index (χ1n) is 7.54. The number of hydrogen-bond donors (Lipinski definition) is 2. The fourth-order valence-electron chi connectivity index (χ4n) is 2.80. The van der Waals surface area contributed by atoms with E-state index < -0.39 is 5.97 Å². The van der Waals surface area contributed by atoms with Gasteiger partial charge in [0.15, 0.2) is 0 Å². The lowest BCUT2D eigenvalue weighted by Gasteiger charge is -2.14. The molecule has 0 saturated heterocycles. The quantitative estimate of drug-likeness (QED) is 0.838. The lowest BCUT2D eigenvalue weighted by atomic mass is 9.90. The highest BCUT2D eigenvalue weighted by molar-refractivity contribution is 7.17. The fourth-order valence-corrected chi connectivity index (χ4v) is 4.07. The Morgan fingerprint density at radius 2 is 2.36 bits per heavy atom. The standard InChI is InChI=1S/C18H14ClN3O2S/c19-12-3-1-10(2-4-12)7-13-14(9-20)16(25-17(13)18(23)24)11-5-6-22-15(21)8-11/h1,3-6,8,10H,2,7H2,(H2,21,22)(H,23,24). The molecule has 25 heavy (non-hydrogen) atoms. The van der Waals surface area contributed by atoms with E-state index in [0.29, 0.717) is 45.3 Å². The first kappa shape index (κ1) is 17.2. The lowest BCUT2D eigenvalue weighted by Crippen LogP contribution is -2.07. The number of rotatable bonds is 4. The number of nitriles is 1. The number of nitrogens with zero attached hydrogens (tertiary/aromatic N) is 2. The van der Waals surface area contributed by atoms with E-state index in [0.717, 1.165) is 11.3 Å². The number of aromatic nitrogens is 1. The van der Waals surface area contributed by atoms with Crippen molar-refractivity contribution < 1.29 is 9.90 Å². The smallest absolute Gasteiger partial charge is 0.346 e. The molecule has 3 rings (SSSR count). The molecule has 0 aromatic carbocycles. The second kappa shape index (κ2) is 7.09. The van der Waals surface area contributed by atoms with Gasteiger partial charge in [0.25, 0.3) is 0 Å². The van der Waals surface area contributed by atoms with Crippen LogP contribution in [0.4, 0.5) is 5.82 Å². The minimum Gasteiger partial charge on any atom is -0.477 e. The molecule has 2 aromatic rings. The largest absolute Gasteiger partial charge is 0.477 e. The zero-order chi connectivity index (χ0) is 18.0. The predicted molar refractivity (Wildman–Crippen MR) is 98.5 cm³/mol. The molecule has 1 aliphatic carbocycles. The maximum atomic E-state index is 11.7. The van der Waals surface area contributed by atoms with Crippen molar-refractivity contribution in [3.8, 4) is 16.5 Å². The molecule has 3 N–H and O–H groups in total. The van der Waals surface area contributed by atoms with Crippen LogP contribution in [0, 0.1) is 17.2 Å². The highest BCUT2D eigenvalue weighted by atomic mass is 35.5. The van der Waals surface area contributed by atoms with E-state index in [-0.39, 0.29) is 10.8 Å².